The monoisotopic (exact) mass is 448 g/mol. The van der Waals surface area contributed by atoms with Gasteiger partial charge in [-0.15, -0.1) is 0 Å². The van der Waals surface area contributed by atoms with Crippen LogP contribution in [0.1, 0.15) is 53.7 Å². The Labute approximate surface area is 195 Å². The number of unbranched alkanes of at least 4 members (excludes halogenated alkanes) is 1. The lowest BCUT2D eigenvalue weighted by Crippen LogP contribution is -2.39. The fourth-order valence-electron chi connectivity index (χ4n) is 3.95. The highest BCUT2D eigenvalue weighted by atomic mass is 16.5. The second-order valence-corrected chi connectivity index (χ2v) is 8.09. The zero-order valence-electron chi connectivity index (χ0n) is 19.7. The highest BCUT2D eigenvalue weighted by molar-refractivity contribution is 6.00. The summed E-state index contributed by atoms with van der Waals surface area (Å²) in [6.45, 7) is 3.95. The summed E-state index contributed by atoms with van der Waals surface area (Å²) >= 11 is 0. The molecule has 0 aromatic heterocycles. The maximum absolute atomic E-state index is 12.8. The number of hydrogen-bond acceptors (Lipinski definition) is 4. The van der Waals surface area contributed by atoms with Crippen molar-refractivity contribution < 1.29 is 19.1 Å². The van der Waals surface area contributed by atoms with Crippen molar-refractivity contribution in [2.75, 3.05) is 20.8 Å². The van der Waals surface area contributed by atoms with Gasteiger partial charge in [0.15, 0.2) is 0 Å². The van der Waals surface area contributed by atoms with Gasteiger partial charge in [0.1, 0.15) is 11.5 Å². The molecule has 0 spiro atoms. The molecule has 0 heterocycles. The molecule has 0 saturated heterocycles. The SMILES string of the molecule is CCCCC(NC(=O)CNC(=O)c1ccc2ccccc2c1)c1c(OC)cc(C)cc1OC. The van der Waals surface area contributed by atoms with Gasteiger partial charge >= 0.3 is 0 Å². The smallest absolute Gasteiger partial charge is 0.251 e. The minimum atomic E-state index is -0.291. The summed E-state index contributed by atoms with van der Waals surface area (Å²) in [5.74, 6) is 0.795. The van der Waals surface area contributed by atoms with Crippen LogP contribution in [0.5, 0.6) is 11.5 Å². The van der Waals surface area contributed by atoms with Crippen molar-refractivity contribution in [3.05, 3.63) is 71.3 Å². The summed E-state index contributed by atoms with van der Waals surface area (Å²) in [5, 5.41) is 7.83. The molecule has 3 rings (SSSR count). The molecule has 0 saturated carbocycles. The van der Waals surface area contributed by atoms with Gasteiger partial charge < -0.3 is 20.1 Å². The largest absolute Gasteiger partial charge is 0.496 e. The van der Waals surface area contributed by atoms with Crippen LogP contribution in [0.25, 0.3) is 10.8 Å². The van der Waals surface area contributed by atoms with Gasteiger partial charge in [-0.05, 0) is 53.9 Å². The molecule has 0 aliphatic carbocycles. The summed E-state index contributed by atoms with van der Waals surface area (Å²) in [4.78, 5) is 25.4. The second-order valence-electron chi connectivity index (χ2n) is 8.09. The van der Waals surface area contributed by atoms with E-state index < -0.39 is 0 Å². The molecule has 1 atom stereocenters. The van der Waals surface area contributed by atoms with Gasteiger partial charge in [0.05, 0.1) is 32.4 Å². The minimum absolute atomic E-state index is 0.120. The average Bonchev–Trinajstić information content (AvgIpc) is 2.84. The maximum Gasteiger partial charge on any atom is 0.251 e. The van der Waals surface area contributed by atoms with Gasteiger partial charge in [0.2, 0.25) is 5.91 Å². The molecular weight excluding hydrogens is 416 g/mol. The Hall–Kier alpha value is -3.54. The lowest BCUT2D eigenvalue weighted by molar-refractivity contribution is -0.120. The summed E-state index contributed by atoms with van der Waals surface area (Å²) in [6.07, 6.45) is 2.65. The van der Waals surface area contributed by atoms with Gasteiger partial charge in [0, 0.05) is 5.56 Å². The van der Waals surface area contributed by atoms with E-state index in [0.29, 0.717) is 17.1 Å². The van der Waals surface area contributed by atoms with Gasteiger partial charge in [-0.2, -0.15) is 0 Å². The molecule has 0 aliphatic rings. The van der Waals surface area contributed by atoms with E-state index in [1.165, 1.54) is 0 Å². The van der Waals surface area contributed by atoms with Crippen LogP contribution in [-0.2, 0) is 4.79 Å². The van der Waals surface area contributed by atoms with Gasteiger partial charge in [0.25, 0.3) is 5.91 Å². The maximum atomic E-state index is 12.8. The molecule has 1 unspecified atom stereocenters. The van der Waals surface area contributed by atoms with E-state index in [9.17, 15) is 9.59 Å². The van der Waals surface area contributed by atoms with E-state index in [0.717, 1.165) is 41.2 Å². The Kier molecular flexibility index (Phi) is 8.30. The number of carbonyl (C=O) groups is 2. The fourth-order valence-corrected chi connectivity index (χ4v) is 3.95. The third-order valence-corrected chi connectivity index (χ3v) is 5.64. The lowest BCUT2D eigenvalue weighted by atomic mass is 9.97. The van der Waals surface area contributed by atoms with Crippen LogP contribution in [0.4, 0.5) is 0 Å². The normalized spacial score (nSPS) is 11.6. The van der Waals surface area contributed by atoms with Crippen molar-refractivity contribution in [1.82, 2.24) is 10.6 Å². The minimum Gasteiger partial charge on any atom is -0.496 e. The molecule has 3 aromatic rings. The Morgan fingerprint density at radius 2 is 1.61 bits per heavy atom. The molecule has 0 aliphatic heterocycles. The first-order valence-corrected chi connectivity index (χ1v) is 11.3. The molecule has 174 valence electrons. The number of methoxy groups -OCH3 is 2. The third kappa shape index (κ3) is 6.04. The van der Waals surface area contributed by atoms with Crippen molar-refractivity contribution >= 4 is 22.6 Å². The van der Waals surface area contributed by atoms with Crippen molar-refractivity contribution in [1.29, 1.82) is 0 Å². The number of aryl methyl sites for hydroxylation is 1. The molecule has 6 heteroatoms. The van der Waals surface area contributed by atoms with E-state index >= 15 is 0 Å². The molecule has 0 fully saturated rings. The second kappa shape index (κ2) is 11.4. The third-order valence-electron chi connectivity index (χ3n) is 5.64. The van der Waals surface area contributed by atoms with Crippen molar-refractivity contribution in [2.45, 2.75) is 39.2 Å². The molecule has 6 nitrogen and oxygen atoms in total. The van der Waals surface area contributed by atoms with E-state index in [4.69, 9.17) is 9.47 Å². The van der Waals surface area contributed by atoms with Crippen molar-refractivity contribution in [3.63, 3.8) is 0 Å². The van der Waals surface area contributed by atoms with E-state index in [-0.39, 0.29) is 24.4 Å². The van der Waals surface area contributed by atoms with Gasteiger partial charge in [-0.25, -0.2) is 0 Å². The summed E-state index contributed by atoms with van der Waals surface area (Å²) in [6, 6.07) is 16.9. The predicted molar refractivity (Wildman–Crippen MR) is 131 cm³/mol. The van der Waals surface area contributed by atoms with Gasteiger partial charge in [-0.3, -0.25) is 9.59 Å². The van der Waals surface area contributed by atoms with Crippen LogP contribution >= 0.6 is 0 Å². The summed E-state index contributed by atoms with van der Waals surface area (Å²) in [5.41, 5.74) is 2.34. The van der Waals surface area contributed by atoms with Crippen LogP contribution in [0, 0.1) is 6.92 Å². The van der Waals surface area contributed by atoms with Crippen molar-refractivity contribution in [3.8, 4) is 11.5 Å². The van der Waals surface area contributed by atoms with Crippen LogP contribution < -0.4 is 20.1 Å². The molecule has 2 amide bonds. The van der Waals surface area contributed by atoms with E-state index in [1.54, 1.807) is 20.3 Å². The number of hydrogen-bond donors (Lipinski definition) is 2. The van der Waals surface area contributed by atoms with E-state index in [1.807, 2.05) is 55.5 Å². The number of fused-ring (bicyclic) bond motifs is 1. The number of benzene rings is 3. The molecule has 33 heavy (non-hydrogen) atoms. The molecule has 0 bridgehead atoms. The lowest BCUT2D eigenvalue weighted by Gasteiger charge is -2.24. The van der Waals surface area contributed by atoms with Crippen LogP contribution in [-0.4, -0.2) is 32.6 Å². The topological polar surface area (TPSA) is 76.7 Å². The zero-order valence-corrected chi connectivity index (χ0v) is 19.7. The Balaban J connectivity index is 1.72. The molecule has 3 aromatic carbocycles. The average molecular weight is 449 g/mol. The number of amides is 2. The van der Waals surface area contributed by atoms with Crippen LogP contribution in [0.3, 0.4) is 0 Å². The fraction of sp³-hybridized carbons (Fsp3) is 0.333. The Morgan fingerprint density at radius 3 is 2.24 bits per heavy atom. The number of rotatable bonds is 10. The first-order valence-electron chi connectivity index (χ1n) is 11.3. The summed E-state index contributed by atoms with van der Waals surface area (Å²) < 4.78 is 11.2. The molecule has 0 radical (unpaired) electrons. The van der Waals surface area contributed by atoms with E-state index in [2.05, 4.69) is 17.6 Å². The molecule has 2 N–H and O–H groups in total. The Morgan fingerprint density at radius 1 is 0.939 bits per heavy atom. The number of carbonyl (C=O) groups excluding carboxylic acids is 2. The van der Waals surface area contributed by atoms with Crippen molar-refractivity contribution in [2.24, 2.45) is 0 Å². The highest BCUT2D eigenvalue weighted by Crippen LogP contribution is 2.37. The van der Waals surface area contributed by atoms with Gasteiger partial charge in [-0.1, -0.05) is 50.1 Å². The number of ether oxygens (including phenoxy) is 2. The first-order chi connectivity index (χ1) is 16.0. The summed E-state index contributed by atoms with van der Waals surface area (Å²) in [7, 11) is 3.22. The predicted octanol–water partition coefficient (Wildman–Crippen LogP) is 4.94. The zero-order chi connectivity index (χ0) is 23.8. The standard InChI is InChI=1S/C27H32N2O4/c1-5-6-11-22(26-23(32-3)14-18(2)15-24(26)33-4)29-25(30)17-28-27(31)21-13-12-19-9-7-8-10-20(19)16-21/h7-10,12-16,22H,5-6,11,17H2,1-4H3,(H,28,31)(H,29,30). The van der Waals surface area contributed by atoms with Crippen LogP contribution in [0.15, 0.2) is 54.6 Å². The molecular formula is C27H32N2O4. The quantitative estimate of drug-likeness (QED) is 0.460. The first kappa shape index (κ1) is 24.1. The van der Waals surface area contributed by atoms with Crippen LogP contribution in [0.2, 0.25) is 0 Å². The highest BCUT2D eigenvalue weighted by Gasteiger charge is 2.23. The number of nitrogens with one attached hydrogen (secondary N) is 2. The Bertz CT molecular complexity index is 1100.